The molecule has 2 nitrogen and oxygen atoms in total. The van der Waals surface area contributed by atoms with Gasteiger partial charge in [0.15, 0.2) is 0 Å². The maximum Gasteiger partial charge on any atom is 0.416 e. The molecule has 1 saturated carbocycles. The van der Waals surface area contributed by atoms with Crippen molar-refractivity contribution in [2.75, 3.05) is 6.61 Å². The zero-order valence-electron chi connectivity index (χ0n) is 10.3. The third-order valence-corrected chi connectivity index (χ3v) is 3.38. The zero-order chi connectivity index (χ0) is 13.9. The molecule has 19 heavy (non-hydrogen) atoms. The molecule has 0 unspecified atom stereocenters. The normalized spacial score (nSPS) is 16.3. The van der Waals surface area contributed by atoms with E-state index < -0.39 is 11.7 Å². The first-order valence-electron chi connectivity index (χ1n) is 6.25. The van der Waals surface area contributed by atoms with Gasteiger partial charge in [-0.25, -0.2) is 0 Å². The minimum absolute atomic E-state index is 0.0622. The minimum Gasteiger partial charge on any atom is -0.492 e. The van der Waals surface area contributed by atoms with E-state index in [1.165, 1.54) is 18.9 Å². The number of rotatable bonds is 3. The van der Waals surface area contributed by atoms with Gasteiger partial charge in [0.25, 0.3) is 0 Å². The Morgan fingerprint density at radius 3 is 2.53 bits per heavy atom. The summed E-state index contributed by atoms with van der Waals surface area (Å²) in [6, 6.07) is 4.78. The Balaban J connectivity index is 2.10. The van der Waals surface area contributed by atoms with Gasteiger partial charge in [-0.05, 0) is 37.0 Å². The quantitative estimate of drug-likeness (QED) is 0.826. The highest BCUT2D eigenvalue weighted by Crippen LogP contribution is 2.33. The second-order valence-corrected chi connectivity index (χ2v) is 4.78. The molecule has 0 N–H and O–H groups in total. The Labute approximate surface area is 109 Å². The number of ether oxygens (including phenoxy) is 1. The highest BCUT2D eigenvalue weighted by molar-refractivity contribution is 5.46. The fourth-order valence-electron chi connectivity index (χ4n) is 2.30. The lowest BCUT2D eigenvalue weighted by molar-refractivity contribution is -0.137. The number of nitriles is 1. The monoisotopic (exact) mass is 269 g/mol. The number of hydrogen-bond acceptors (Lipinski definition) is 2. The number of hydrogen-bond donors (Lipinski definition) is 0. The Bertz CT molecular complexity index is 484. The van der Waals surface area contributed by atoms with Gasteiger partial charge < -0.3 is 4.74 Å². The van der Waals surface area contributed by atoms with Crippen LogP contribution < -0.4 is 4.74 Å². The second-order valence-electron chi connectivity index (χ2n) is 4.78. The number of nitrogens with zero attached hydrogens (tertiary/aromatic N) is 1. The molecule has 0 spiro atoms. The van der Waals surface area contributed by atoms with Crippen LogP contribution in [0.2, 0.25) is 0 Å². The molecular weight excluding hydrogens is 255 g/mol. The van der Waals surface area contributed by atoms with E-state index >= 15 is 0 Å². The maximum atomic E-state index is 12.5. The van der Waals surface area contributed by atoms with Crippen molar-refractivity contribution < 1.29 is 17.9 Å². The molecule has 2 rings (SSSR count). The molecule has 1 fully saturated rings. The van der Waals surface area contributed by atoms with E-state index in [0.717, 1.165) is 25.0 Å². The molecular formula is C14H14F3NO. The van der Waals surface area contributed by atoms with Crippen molar-refractivity contribution in [3.05, 3.63) is 29.3 Å². The van der Waals surface area contributed by atoms with Crippen molar-refractivity contribution in [2.24, 2.45) is 5.92 Å². The van der Waals surface area contributed by atoms with Gasteiger partial charge in [0.1, 0.15) is 11.8 Å². The van der Waals surface area contributed by atoms with Crippen LogP contribution >= 0.6 is 0 Å². The van der Waals surface area contributed by atoms with Crippen molar-refractivity contribution in [2.45, 2.75) is 31.9 Å². The molecule has 0 bridgehead atoms. The maximum absolute atomic E-state index is 12.5. The number of alkyl halides is 3. The van der Waals surface area contributed by atoms with Gasteiger partial charge in [0.05, 0.1) is 17.7 Å². The first-order chi connectivity index (χ1) is 9.00. The Morgan fingerprint density at radius 2 is 1.95 bits per heavy atom. The molecule has 0 amide bonds. The van der Waals surface area contributed by atoms with Crippen LogP contribution in [0.25, 0.3) is 0 Å². The number of benzene rings is 1. The standard InChI is InChI=1S/C14H14F3NO/c15-14(16,17)12-5-6-13(11(7-12)8-18)19-9-10-3-1-2-4-10/h5-7,10H,1-4,9H2. The summed E-state index contributed by atoms with van der Waals surface area (Å²) in [7, 11) is 0. The van der Waals surface area contributed by atoms with Gasteiger partial charge in [-0.2, -0.15) is 18.4 Å². The summed E-state index contributed by atoms with van der Waals surface area (Å²) in [5.74, 6) is 0.691. The van der Waals surface area contributed by atoms with Crippen molar-refractivity contribution in [3.63, 3.8) is 0 Å². The molecule has 1 aromatic carbocycles. The predicted molar refractivity (Wildman–Crippen MR) is 63.6 cm³/mol. The van der Waals surface area contributed by atoms with Crippen LogP contribution in [-0.2, 0) is 6.18 Å². The first-order valence-corrected chi connectivity index (χ1v) is 6.25. The molecule has 1 aliphatic carbocycles. The third kappa shape index (κ3) is 3.40. The minimum atomic E-state index is -4.43. The van der Waals surface area contributed by atoms with Gasteiger partial charge in [-0.3, -0.25) is 0 Å². The summed E-state index contributed by atoms with van der Waals surface area (Å²) in [5, 5.41) is 8.90. The fourth-order valence-corrected chi connectivity index (χ4v) is 2.30. The first kappa shape index (κ1) is 13.7. The molecule has 0 atom stereocenters. The van der Waals surface area contributed by atoms with Crippen LogP contribution in [0.5, 0.6) is 5.75 Å². The smallest absolute Gasteiger partial charge is 0.416 e. The summed E-state index contributed by atoms with van der Waals surface area (Å²) in [4.78, 5) is 0. The molecule has 0 aromatic heterocycles. The zero-order valence-corrected chi connectivity index (χ0v) is 10.3. The predicted octanol–water partition coefficient (Wildman–Crippen LogP) is 4.15. The summed E-state index contributed by atoms with van der Waals surface area (Å²) < 4.78 is 43.0. The average molecular weight is 269 g/mol. The van der Waals surface area contributed by atoms with Gasteiger partial charge in [-0.15, -0.1) is 0 Å². The lowest BCUT2D eigenvalue weighted by Gasteiger charge is -2.14. The Morgan fingerprint density at radius 1 is 1.26 bits per heavy atom. The van der Waals surface area contributed by atoms with E-state index in [0.29, 0.717) is 12.5 Å². The SMILES string of the molecule is N#Cc1cc(C(F)(F)F)ccc1OCC1CCCC1. The van der Waals surface area contributed by atoms with Gasteiger partial charge in [0, 0.05) is 0 Å². The summed E-state index contributed by atoms with van der Waals surface area (Å²) >= 11 is 0. The topological polar surface area (TPSA) is 33.0 Å². The lowest BCUT2D eigenvalue weighted by atomic mass is 10.1. The molecule has 0 saturated heterocycles. The molecule has 1 aromatic rings. The number of halogens is 3. The van der Waals surface area contributed by atoms with Gasteiger partial charge in [-0.1, -0.05) is 12.8 Å². The third-order valence-electron chi connectivity index (χ3n) is 3.38. The fraction of sp³-hybridized carbons (Fsp3) is 0.500. The molecule has 102 valence electrons. The van der Waals surface area contributed by atoms with Crippen LogP contribution in [0, 0.1) is 17.2 Å². The molecule has 5 heteroatoms. The van der Waals surface area contributed by atoms with E-state index in [2.05, 4.69) is 0 Å². The molecule has 0 heterocycles. The average Bonchev–Trinajstić information content (AvgIpc) is 2.88. The van der Waals surface area contributed by atoms with E-state index in [4.69, 9.17) is 10.00 Å². The van der Waals surface area contributed by atoms with Crippen LogP contribution in [0.1, 0.15) is 36.8 Å². The van der Waals surface area contributed by atoms with E-state index in [1.807, 2.05) is 0 Å². The van der Waals surface area contributed by atoms with Crippen LogP contribution in [0.4, 0.5) is 13.2 Å². The molecule has 0 aliphatic heterocycles. The molecule has 0 radical (unpaired) electrons. The van der Waals surface area contributed by atoms with Crippen LogP contribution in [0.15, 0.2) is 18.2 Å². The summed E-state index contributed by atoms with van der Waals surface area (Å²) in [5.41, 5.74) is -0.884. The van der Waals surface area contributed by atoms with E-state index in [9.17, 15) is 13.2 Å². The van der Waals surface area contributed by atoms with E-state index in [-0.39, 0.29) is 11.3 Å². The van der Waals surface area contributed by atoms with Gasteiger partial charge >= 0.3 is 6.18 Å². The summed E-state index contributed by atoms with van der Waals surface area (Å²) in [6.07, 6.45) is 0.0823. The van der Waals surface area contributed by atoms with Crippen LogP contribution in [0.3, 0.4) is 0 Å². The van der Waals surface area contributed by atoms with Gasteiger partial charge in [0.2, 0.25) is 0 Å². The molecule has 1 aliphatic rings. The Kier molecular flexibility index (Phi) is 3.98. The van der Waals surface area contributed by atoms with Crippen molar-refractivity contribution >= 4 is 0 Å². The van der Waals surface area contributed by atoms with E-state index in [1.54, 1.807) is 6.07 Å². The highest BCUT2D eigenvalue weighted by atomic mass is 19.4. The van der Waals surface area contributed by atoms with Crippen molar-refractivity contribution in [1.82, 2.24) is 0 Å². The highest BCUT2D eigenvalue weighted by Gasteiger charge is 2.31. The van der Waals surface area contributed by atoms with Crippen molar-refractivity contribution in [3.8, 4) is 11.8 Å². The van der Waals surface area contributed by atoms with Crippen molar-refractivity contribution in [1.29, 1.82) is 5.26 Å². The largest absolute Gasteiger partial charge is 0.492 e. The second kappa shape index (κ2) is 5.52. The summed E-state index contributed by atoms with van der Waals surface area (Å²) in [6.45, 7) is 0.472. The Hall–Kier alpha value is -1.70. The lowest BCUT2D eigenvalue weighted by Crippen LogP contribution is -2.10. The van der Waals surface area contributed by atoms with Crippen LogP contribution in [-0.4, -0.2) is 6.61 Å².